The number of esters is 1. The molecule has 0 saturated carbocycles. The Morgan fingerprint density at radius 1 is 1.83 bits per heavy atom. The average molecular weight is 233 g/mol. The molecule has 0 bridgehead atoms. The lowest BCUT2D eigenvalue weighted by Crippen LogP contribution is -2.04. The van der Waals surface area contributed by atoms with Crippen molar-refractivity contribution < 1.29 is 13.6 Å². The second-order valence-corrected chi connectivity index (χ2v) is 3.09. The summed E-state index contributed by atoms with van der Waals surface area (Å²) < 4.78 is 25.2. The first-order chi connectivity index (χ1) is 6.79. The zero-order chi connectivity index (χ0) is 11.6. The molecule has 0 aliphatic carbocycles. The molecule has 1 aromatic heterocycles. The molecule has 1 aromatic rings. The van der Waals surface area contributed by atoms with Crippen LogP contribution in [0.3, 0.4) is 0 Å². The number of ether oxygens (including phenoxy) is 1. The van der Waals surface area contributed by atoms with E-state index in [4.69, 9.17) is 4.11 Å². The number of rotatable bonds is 1. The zero-order valence-electron chi connectivity index (χ0n) is 9.30. The molecule has 1 rings (SSSR count). The van der Waals surface area contributed by atoms with E-state index in [-0.39, 0.29) is 5.56 Å². The summed E-state index contributed by atoms with van der Waals surface area (Å²) in [5.74, 6) is -0.902. The highest BCUT2D eigenvalue weighted by molar-refractivity contribution is 9.10. The summed E-state index contributed by atoms with van der Waals surface area (Å²) in [7, 11) is -2.73. The third-order valence-electron chi connectivity index (χ3n) is 1.37. The maximum Gasteiger partial charge on any atom is 0.339 e. The van der Waals surface area contributed by atoms with Crippen LogP contribution in [0.5, 0.6) is 0 Å². The van der Waals surface area contributed by atoms with E-state index in [0.717, 1.165) is 0 Å². The van der Waals surface area contributed by atoms with E-state index in [1.807, 2.05) is 0 Å². The van der Waals surface area contributed by atoms with Crippen LogP contribution in [0.15, 0.2) is 16.7 Å². The van der Waals surface area contributed by atoms with Crippen LogP contribution in [-0.4, -0.2) is 18.0 Å². The van der Waals surface area contributed by atoms with E-state index in [9.17, 15) is 4.79 Å². The number of aromatic nitrogens is 1. The number of methoxy groups -OCH3 is 1. The van der Waals surface area contributed by atoms with Crippen molar-refractivity contribution >= 4 is 21.9 Å². The van der Waals surface area contributed by atoms with Crippen LogP contribution in [0.2, 0.25) is 0 Å². The van der Waals surface area contributed by atoms with Crippen molar-refractivity contribution in [1.82, 2.24) is 4.98 Å². The molecule has 0 aliphatic heterocycles. The zero-order valence-corrected chi connectivity index (χ0v) is 7.88. The summed E-state index contributed by atoms with van der Waals surface area (Å²) in [6.07, 6.45) is 1.52. The van der Waals surface area contributed by atoms with E-state index >= 15 is 0 Å². The Hall–Kier alpha value is -0.900. The van der Waals surface area contributed by atoms with Crippen LogP contribution in [0.25, 0.3) is 0 Å². The van der Waals surface area contributed by atoms with Crippen molar-refractivity contribution in [2.75, 3.05) is 7.04 Å². The van der Waals surface area contributed by atoms with Crippen molar-refractivity contribution in [3.63, 3.8) is 0 Å². The largest absolute Gasteiger partial charge is 0.465 e. The van der Waals surface area contributed by atoms with Gasteiger partial charge in [0.15, 0.2) is 0 Å². The summed E-state index contributed by atoms with van der Waals surface area (Å²) in [4.78, 5) is 15.3. The minimum atomic E-state index is -2.73. The van der Waals surface area contributed by atoms with Crippen LogP contribution < -0.4 is 0 Å². The Bertz CT molecular complexity index is 392. The molecule has 0 aromatic carbocycles. The fraction of sp³-hybridized carbons (Fsp3) is 0.250. The molecule has 0 unspecified atom stereocenters. The first-order valence-corrected chi connectivity index (χ1v) is 3.94. The van der Waals surface area contributed by atoms with Gasteiger partial charge in [0.2, 0.25) is 0 Å². The molecular weight excluding hydrogens is 222 g/mol. The summed E-state index contributed by atoms with van der Waals surface area (Å²) >= 11 is 3.13. The van der Waals surface area contributed by atoms with Gasteiger partial charge in [0.1, 0.15) is 0 Å². The van der Waals surface area contributed by atoms with Gasteiger partial charge < -0.3 is 4.74 Å². The molecule has 1 heterocycles. The Morgan fingerprint density at radius 2 is 2.58 bits per heavy atom. The number of pyridine rings is 1. The van der Waals surface area contributed by atoms with Crippen LogP contribution >= 0.6 is 15.9 Å². The fourth-order valence-electron chi connectivity index (χ4n) is 0.769. The highest BCUT2D eigenvalue weighted by atomic mass is 79.9. The summed E-state index contributed by atoms with van der Waals surface area (Å²) in [6, 6.07) is 1.47. The molecule has 0 fully saturated rings. The predicted octanol–water partition coefficient (Wildman–Crippen LogP) is 1.94. The summed E-state index contributed by atoms with van der Waals surface area (Å²) in [5.41, 5.74) is 0.563. The van der Waals surface area contributed by atoms with Gasteiger partial charge in [0, 0.05) is 10.7 Å². The first-order valence-electron chi connectivity index (χ1n) is 4.65. The smallest absolute Gasteiger partial charge is 0.339 e. The van der Waals surface area contributed by atoms with Gasteiger partial charge in [-0.2, -0.15) is 0 Å². The lowest BCUT2D eigenvalue weighted by Gasteiger charge is -2.02. The van der Waals surface area contributed by atoms with Crippen LogP contribution in [0, 0.1) is 6.92 Å². The summed E-state index contributed by atoms with van der Waals surface area (Å²) in [6.45, 7) is 1.60. The third kappa shape index (κ3) is 1.82. The van der Waals surface area contributed by atoms with Gasteiger partial charge in [-0.15, -0.1) is 0 Å². The van der Waals surface area contributed by atoms with Gasteiger partial charge in [-0.1, -0.05) is 0 Å². The molecule has 4 heteroatoms. The molecule has 3 nitrogen and oxygen atoms in total. The minimum absolute atomic E-state index is 0.139. The van der Waals surface area contributed by atoms with Gasteiger partial charge in [0.25, 0.3) is 0 Å². The topological polar surface area (TPSA) is 39.2 Å². The number of halogens is 1. The molecule has 0 N–H and O–H groups in total. The number of nitrogens with zero attached hydrogens (tertiary/aromatic N) is 1. The van der Waals surface area contributed by atoms with E-state index in [1.54, 1.807) is 6.92 Å². The minimum Gasteiger partial charge on any atom is -0.465 e. The second kappa shape index (κ2) is 3.67. The van der Waals surface area contributed by atoms with Crippen LogP contribution in [0.4, 0.5) is 0 Å². The van der Waals surface area contributed by atoms with Gasteiger partial charge in [-0.05, 0) is 28.9 Å². The van der Waals surface area contributed by atoms with Crippen LogP contribution in [0.1, 0.15) is 20.2 Å². The number of hydrogen-bond acceptors (Lipinski definition) is 3. The normalized spacial score (nSPS) is 14.3. The van der Waals surface area contributed by atoms with Crippen molar-refractivity contribution in [2.24, 2.45) is 0 Å². The van der Waals surface area contributed by atoms with Crippen LogP contribution in [-0.2, 0) is 4.74 Å². The lowest BCUT2D eigenvalue weighted by molar-refractivity contribution is 0.0599. The molecule has 0 atom stereocenters. The fourth-order valence-corrected chi connectivity index (χ4v) is 1.10. The Labute approximate surface area is 83.1 Å². The quantitative estimate of drug-likeness (QED) is 0.696. The van der Waals surface area contributed by atoms with Gasteiger partial charge in [0.05, 0.1) is 22.4 Å². The maximum absolute atomic E-state index is 11.4. The first kappa shape index (κ1) is 5.70. The molecule has 64 valence electrons. The van der Waals surface area contributed by atoms with Crippen molar-refractivity contribution in [2.45, 2.75) is 6.92 Å². The van der Waals surface area contributed by atoms with Gasteiger partial charge in [-0.25, -0.2) is 4.79 Å². The average Bonchev–Trinajstić information content (AvgIpc) is 2.06. The van der Waals surface area contributed by atoms with Crippen molar-refractivity contribution in [3.8, 4) is 0 Å². The van der Waals surface area contributed by atoms with Gasteiger partial charge in [-0.3, -0.25) is 4.98 Å². The Kier molecular flexibility index (Phi) is 1.74. The number of carbonyl (C=O) groups excluding carboxylic acids is 1. The Morgan fingerprint density at radius 3 is 3.25 bits per heavy atom. The molecule has 0 amide bonds. The van der Waals surface area contributed by atoms with Gasteiger partial charge >= 0.3 is 5.97 Å². The SMILES string of the molecule is [2H]C([2H])([2H])OC(=O)c1cc(Br)cnc1C. The standard InChI is InChI=1S/C8H8BrNO2/c1-5-7(8(11)12-2)3-6(9)4-10-5/h3-4H,1-2H3/i2D3. The number of aryl methyl sites for hydroxylation is 1. The second-order valence-electron chi connectivity index (χ2n) is 2.18. The third-order valence-corrected chi connectivity index (χ3v) is 1.80. The molecule has 0 spiro atoms. The van der Waals surface area contributed by atoms with E-state index in [0.29, 0.717) is 10.2 Å². The lowest BCUT2D eigenvalue weighted by atomic mass is 10.2. The van der Waals surface area contributed by atoms with E-state index < -0.39 is 13.0 Å². The molecule has 0 radical (unpaired) electrons. The monoisotopic (exact) mass is 232 g/mol. The van der Waals surface area contributed by atoms with Crippen molar-refractivity contribution in [3.05, 3.63) is 28.0 Å². The predicted molar refractivity (Wildman–Crippen MR) is 48.0 cm³/mol. The molecule has 0 aliphatic rings. The van der Waals surface area contributed by atoms with Crippen molar-refractivity contribution in [1.29, 1.82) is 0 Å². The van der Waals surface area contributed by atoms with E-state index in [2.05, 4.69) is 25.7 Å². The number of carbonyl (C=O) groups is 1. The molecule has 0 saturated heterocycles. The maximum atomic E-state index is 11.4. The Balaban J connectivity index is 2.96. The molecule has 12 heavy (non-hydrogen) atoms. The highest BCUT2D eigenvalue weighted by Gasteiger charge is 2.09. The highest BCUT2D eigenvalue weighted by Crippen LogP contribution is 2.13. The van der Waals surface area contributed by atoms with E-state index in [1.165, 1.54) is 12.3 Å². The summed E-state index contributed by atoms with van der Waals surface area (Å²) in [5, 5.41) is 0. The molecular formula is C8H8BrNO2. The number of hydrogen-bond donors (Lipinski definition) is 0.